The van der Waals surface area contributed by atoms with Crippen molar-refractivity contribution in [3.05, 3.63) is 0 Å². The second-order valence-corrected chi connectivity index (χ2v) is 5.81. The Morgan fingerprint density at radius 1 is 1.12 bits per heavy atom. The zero-order valence-corrected chi connectivity index (χ0v) is 12.4. The van der Waals surface area contributed by atoms with Crippen molar-refractivity contribution in [3.63, 3.8) is 0 Å². The van der Waals surface area contributed by atoms with Gasteiger partial charge in [-0.1, -0.05) is 47.0 Å². The van der Waals surface area contributed by atoms with E-state index in [4.69, 9.17) is 0 Å². The Morgan fingerprint density at radius 3 is 2.24 bits per heavy atom. The summed E-state index contributed by atoms with van der Waals surface area (Å²) in [5.41, 5.74) is 0.456. The number of nitrogens with zero attached hydrogens (tertiary/aromatic N) is 1. The van der Waals surface area contributed by atoms with E-state index in [1.807, 2.05) is 0 Å². The number of piperazine rings is 1. The molecule has 1 aliphatic rings. The predicted molar refractivity (Wildman–Crippen MR) is 76.4 cm³/mol. The summed E-state index contributed by atoms with van der Waals surface area (Å²) in [4.78, 5) is 2.77. The van der Waals surface area contributed by atoms with Crippen LogP contribution in [0.2, 0.25) is 0 Å². The second-order valence-electron chi connectivity index (χ2n) is 5.81. The van der Waals surface area contributed by atoms with E-state index >= 15 is 0 Å². The summed E-state index contributed by atoms with van der Waals surface area (Å²) in [6.45, 7) is 14.3. The quantitative estimate of drug-likeness (QED) is 0.687. The van der Waals surface area contributed by atoms with Crippen molar-refractivity contribution in [2.45, 2.75) is 65.3 Å². The van der Waals surface area contributed by atoms with Gasteiger partial charge in [0.2, 0.25) is 0 Å². The second kappa shape index (κ2) is 7.38. The lowest BCUT2D eigenvalue weighted by Crippen LogP contribution is -2.58. The molecule has 1 saturated heterocycles. The standard InChI is InChI=1S/C15H32N2/c1-5-7-8-9-15(6-2,14(3)4)17-12-10-16-11-13-17/h14,16H,5-13H2,1-4H3. The minimum absolute atomic E-state index is 0.456. The van der Waals surface area contributed by atoms with Crippen LogP contribution < -0.4 is 5.32 Å². The third-order valence-electron chi connectivity index (χ3n) is 4.65. The van der Waals surface area contributed by atoms with Gasteiger partial charge in [0, 0.05) is 31.7 Å². The molecular formula is C15H32N2. The Bertz CT molecular complexity index is 197. The molecule has 1 atom stereocenters. The highest BCUT2D eigenvalue weighted by Gasteiger charge is 2.37. The molecule has 1 fully saturated rings. The molecule has 17 heavy (non-hydrogen) atoms. The lowest BCUT2D eigenvalue weighted by Gasteiger charge is -2.49. The van der Waals surface area contributed by atoms with E-state index in [0.29, 0.717) is 5.54 Å². The summed E-state index contributed by atoms with van der Waals surface area (Å²) < 4.78 is 0. The molecule has 2 heteroatoms. The van der Waals surface area contributed by atoms with Crippen LogP contribution >= 0.6 is 0 Å². The highest BCUT2D eigenvalue weighted by atomic mass is 15.2. The number of unbranched alkanes of at least 4 members (excludes halogenated alkanes) is 2. The molecule has 2 nitrogen and oxygen atoms in total. The number of hydrogen-bond donors (Lipinski definition) is 1. The van der Waals surface area contributed by atoms with Crippen molar-refractivity contribution < 1.29 is 0 Å². The molecule has 102 valence electrons. The number of rotatable bonds is 7. The Hall–Kier alpha value is -0.0800. The summed E-state index contributed by atoms with van der Waals surface area (Å²) in [5.74, 6) is 0.766. The van der Waals surface area contributed by atoms with Gasteiger partial charge in [0.1, 0.15) is 0 Å². The summed E-state index contributed by atoms with van der Waals surface area (Å²) >= 11 is 0. The van der Waals surface area contributed by atoms with Crippen LogP contribution in [-0.4, -0.2) is 36.6 Å². The van der Waals surface area contributed by atoms with Crippen LogP contribution in [0.25, 0.3) is 0 Å². The van der Waals surface area contributed by atoms with E-state index < -0.39 is 0 Å². The van der Waals surface area contributed by atoms with Gasteiger partial charge in [0.25, 0.3) is 0 Å². The first-order valence-corrected chi connectivity index (χ1v) is 7.63. The molecule has 1 rings (SSSR count). The lowest BCUT2D eigenvalue weighted by atomic mass is 9.77. The normalized spacial score (nSPS) is 21.7. The Labute approximate surface area is 108 Å². The van der Waals surface area contributed by atoms with Crippen LogP contribution in [0.4, 0.5) is 0 Å². The molecule has 0 saturated carbocycles. The van der Waals surface area contributed by atoms with E-state index in [1.54, 1.807) is 0 Å². The number of nitrogens with one attached hydrogen (secondary N) is 1. The molecule has 0 aromatic heterocycles. The molecule has 0 aromatic carbocycles. The highest BCUT2D eigenvalue weighted by Crippen LogP contribution is 2.34. The van der Waals surface area contributed by atoms with Crippen LogP contribution in [0.1, 0.15) is 59.8 Å². The maximum absolute atomic E-state index is 3.48. The Morgan fingerprint density at radius 2 is 1.76 bits per heavy atom. The maximum Gasteiger partial charge on any atom is 0.0230 e. The topological polar surface area (TPSA) is 15.3 Å². The summed E-state index contributed by atoms with van der Waals surface area (Å²) in [5, 5.41) is 3.48. The SMILES string of the molecule is CCCCCC(CC)(C(C)C)N1CCNCC1. The van der Waals surface area contributed by atoms with Crippen molar-refractivity contribution in [1.29, 1.82) is 0 Å². The molecule has 0 aliphatic carbocycles. The van der Waals surface area contributed by atoms with E-state index in [9.17, 15) is 0 Å². The largest absolute Gasteiger partial charge is 0.314 e. The third-order valence-corrected chi connectivity index (χ3v) is 4.65. The van der Waals surface area contributed by atoms with Crippen molar-refractivity contribution in [1.82, 2.24) is 10.2 Å². The molecular weight excluding hydrogens is 208 g/mol. The van der Waals surface area contributed by atoms with Crippen molar-refractivity contribution in [2.75, 3.05) is 26.2 Å². The van der Waals surface area contributed by atoms with Gasteiger partial charge in [-0.05, 0) is 18.8 Å². The zero-order valence-electron chi connectivity index (χ0n) is 12.4. The highest BCUT2D eigenvalue weighted by molar-refractivity contribution is 4.94. The van der Waals surface area contributed by atoms with E-state index in [2.05, 4.69) is 37.9 Å². The molecule has 0 bridgehead atoms. The summed E-state index contributed by atoms with van der Waals surface area (Å²) in [7, 11) is 0. The molecule has 0 aromatic rings. The van der Waals surface area contributed by atoms with Crippen LogP contribution in [-0.2, 0) is 0 Å². The van der Waals surface area contributed by atoms with Gasteiger partial charge in [-0.15, -0.1) is 0 Å². The maximum atomic E-state index is 3.48. The lowest BCUT2D eigenvalue weighted by molar-refractivity contribution is 0.0197. The monoisotopic (exact) mass is 240 g/mol. The predicted octanol–water partition coefficient (Wildman–Crippen LogP) is 3.28. The van der Waals surface area contributed by atoms with Gasteiger partial charge >= 0.3 is 0 Å². The Balaban J connectivity index is 2.67. The van der Waals surface area contributed by atoms with E-state index in [0.717, 1.165) is 5.92 Å². The summed E-state index contributed by atoms with van der Waals surface area (Å²) in [6, 6.07) is 0. The van der Waals surface area contributed by atoms with Gasteiger partial charge in [-0.25, -0.2) is 0 Å². The molecule has 1 N–H and O–H groups in total. The van der Waals surface area contributed by atoms with Crippen molar-refractivity contribution >= 4 is 0 Å². The van der Waals surface area contributed by atoms with Gasteiger partial charge in [0.05, 0.1) is 0 Å². The molecule has 0 spiro atoms. The van der Waals surface area contributed by atoms with Gasteiger partial charge in [-0.3, -0.25) is 4.90 Å². The fraction of sp³-hybridized carbons (Fsp3) is 1.00. The molecule has 0 amide bonds. The van der Waals surface area contributed by atoms with Gasteiger partial charge in [0.15, 0.2) is 0 Å². The van der Waals surface area contributed by atoms with E-state index in [-0.39, 0.29) is 0 Å². The smallest absolute Gasteiger partial charge is 0.0230 e. The fourth-order valence-electron chi connectivity index (χ4n) is 3.41. The Kier molecular flexibility index (Phi) is 6.50. The minimum Gasteiger partial charge on any atom is -0.314 e. The zero-order chi connectivity index (χ0) is 12.7. The average molecular weight is 240 g/mol. The van der Waals surface area contributed by atoms with E-state index in [1.165, 1.54) is 58.3 Å². The fourth-order valence-corrected chi connectivity index (χ4v) is 3.41. The first-order chi connectivity index (χ1) is 8.17. The van der Waals surface area contributed by atoms with Crippen LogP contribution in [0.3, 0.4) is 0 Å². The van der Waals surface area contributed by atoms with Gasteiger partial charge in [-0.2, -0.15) is 0 Å². The molecule has 1 unspecified atom stereocenters. The first-order valence-electron chi connectivity index (χ1n) is 7.63. The number of hydrogen-bond acceptors (Lipinski definition) is 2. The third kappa shape index (κ3) is 3.69. The van der Waals surface area contributed by atoms with Crippen LogP contribution in [0.15, 0.2) is 0 Å². The summed E-state index contributed by atoms with van der Waals surface area (Å²) in [6.07, 6.45) is 6.80. The van der Waals surface area contributed by atoms with Gasteiger partial charge < -0.3 is 5.32 Å². The molecule has 1 heterocycles. The van der Waals surface area contributed by atoms with Crippen molar-refractivity contribution in [3.8, 4) is 0 Å². The average Bonchev–Trinajstić information content (AvgIpc) is 2.36. The minimum atomic E-state index is 0.456. The molecule has 1 aliphatic heterocycles. The van der Waals surface area contributed by atoms with Crippen molar-refractivity contribution in [2.24, 2.45) is 5.92 Å². The van der Waals surface area contributed by atoms with Crippen LogP contribution in [0, 0.1) is 5.92 Å². The van der Waals surface area contributed by atoms with Crippen LogP contribution in [0.5, 0.6) is 0 Å². The first kappa shape index (κ1) is 15.0. The molecule has 0 radical (unpaired) electrons.